The Morgan fingerprint density at radius 1 is 1.05 bits per heavy atom. The van der Waals surface area contributed by atoms with Gasteiger partial charge in [-0.3, -0.25) is 4.79 Å². The maximum Gasteiger partial charge on any atom is 0.440 e. The van der Waals surface area contributed by atoms with Gasteiger partial charge in [-0.2, -0.15) is 0 Å². The van der Waals surface area contributed by atoms with Crippen LogP contribution < -0.4 is 16.2 Å². The minimum Gasteiger partial charge on any atom is -0.489 e. The zero-order valence-electron chi connectivity index (χ0n) is 23.8. The lowest BCUT2D eigenvalue weighted by molar-refractivity contribution is 0.0717. The number of likely N-dealkylation sites (N-methyl/N-ethyl adjacent to an activating group) is 2. The van der Waals surface area contributed by atoms with Crippen LogP contribution >= 0.6 is 0 Å². The minimum absolute atomic E-state index is 0.0523. The molecule has 1 amide bonds. The van der Waals surface area contributed by atoms with E-state index in [4.69, 9.17) is 9.26 Å². The molecule has 1 fully saturated rings. The van der Waals surface area contributed by atoms with Gasteiger partial charge in [-0.05, 0) is 91.5 Å². The van der Waals surface area contributed by atoms with Crippen LogP contribution in [0.3, 0.4) is 0 Å². The number of hydrogen-bond donors (Lipinski definition) is 1. The molecule has 1 unspecified atom stereocenters. The molecule has 0 bridgehead atoms. The second-order valence-electron chi connectivity index (χ2n) is 10.8. The molecule has 0 aliphatic carbocycles. The Kier molecular flexibility index (Phi) is 8.54. The molecule has 9 nitrogen and oxygen atoms in total. The second kappa shape index (κ2) is 12.4. The van der Waals surface area contributed by atoms with Crippen LogP contribution in [0.5, 0.6) is 5.75 Å². The third kappa shape index (κ3) is 6.86. The summed E-state index contributed by atoms with van der Waals surface area (Å²) in [5.41, 5.74) is 5.13. The van der Waals surface area contributed by atoms with E-state index in [0.29, 0.717) is 24.0 Å². The first-order valence-electron chi connectivity index (χ1n) is 13.9. The van der Waals surface area contributed by atoms with Gasteiger partial charge in [-0.15, -0.1) is 4.74 Å². The molecular weight excluding hydrogens is 520 g/mol. The lowest BCUT2D eigenvalue weighted by Crippen LogP contribution is -2.45. The van der Waals surface area contributed by atoms with Gasteiger partial charge in [0.15, 0.2) is 0 Å². The number of carbonyl (C=O) groups is 1. The molecule has 1 atom stereocenters. The number of aromatic amines is 1. The van der Waals surface area contributed by atoms with Crippen LogP contribution in [0, 0.1) is 6.92 Å². The molecule has 0 spiro atoms. The summed E-state index contributed by atoms with van der Waals surface area (Å²) >= 11 is 0. The van der Waals surface area contributed by atoms with Crippen LogP contribution in [-0.4, -0.2) is 58.7 Å². The van der Waals surface area contributed by atoms with Gasteiger partial charge in [0.25, 0.3) is 5.91 Å². The van der Waals surface area contributed by atoms with Crippen molar-refractivity contribution in [3.8, 4) is 16.9 Å². The molecular formula is C32H36N4O5. The third-order valence-corrected chi connectivity index (χ3v) is 7.75. The van der Waals surface area contributed by atoms with Gasteiger partial charge >= 0.3 is 11.4 Å². The highest BCUT2D eigenvalue weighted by atomic mass is 16.5. The number of benzene rings is 3. The van der Waals surface area contributed by atoms with Crippen LogP contribution in [0.1, 0.15) is 46.3 Å². The summed E-state index contributed by atoms with van der Waals surface area (Å²) in [4.78, 5) is 42.3. The summed E-state index contributed by atoms with van der Waals surface area (Å²) in [6.07, 6.45) is 3.59. The first-order chi connectivity index (χ1) is 19.8. The Morgan fingerprint density at radius 3 is 2.56 bits per heavy atom. The predicted molar refractivity (Wildman–Crippen MR) is 157 cm³/mol. The number of ether oxygens (including phenoxy) is 1. The highest BCUT2D eigenvalue weighted by Gasteiger charge is 2.23. The summed E-state index contributed by atoms with van der Waals surface area (Å²) in [7, 11) is 4.04. The summed E-state index contributed by atoms with van der Waals surface area (Å²) in [5.74, 6) is -0.0383. The average molecular weight is 557 g/mol. The lowest BCUT2D eigenvalue weighted by atomic mass is 9.96. The van der Waals surface area contributed by atoms with Gasteiger partial charge in [0, 0.05) is 25.2 Å². The van der Waals surface area contributed by atoms with Crippen molar-refractivity contribution in [2.24, 2.45) is 0 Å². The largest absolute Gasteiger partial charge is 0.489 e. The predicted octanol–water partition coefficient (Wildman–Crippen LogP) is 4.29. The number of carbonyl (C=O) groups excluding carboxylic acids is 1. The smallest absolute Gasteiger partial charge is 0.440 e. The van der Waals surface area contributed by atoms with Crippen molar-refractivity contribution >= 4 is 5.91 Å². The number of aromatic nitrogens is 2. The van der Waals surface area contributed by atoms with E-state index in [1.807, 2.05) is 73.5 Å². The van der Waals surface area contributed by atoms with Crippen LogP contribution in [0.25, 0.3) is 11.1 Å². The standard InChI is InChI=1S/C32H36N4O5/c1-22-17-26(30(37)35(3)20-27-9-4-5-16-34(27)2)12-15-29(22)25-8-6-7-24(18-25)21-40-28-13-10-23(11-14-28)19-36-31(38)33-32(39)41-36/h6-8,10-15,17-18,27H,4-5,9,16,19-21H2,1-3H3,(H,33,38,39). The summed E-state index contributed by atoms with van der Waals surface area (Å²) in [6.45, 7) is 4.41. The Hall–Kier alpha value is -4.37. The highest BCUT2D eigenvalue weighted by Crippen LogP contribution is 2.27. The topological polar surface area (TPSA) is 101 Å². The van der Waals surface area contributed by atoms with Crippen molar-refractivity contribution in [1.82, 2.24) is 19.5 Å². The Labute approximate surface area is 238 Å². The highest BCUT2D eigenvalue weighted by molar-refractivity contribution is 5.95. The van der Waals surface area contributed by atoms with Gasteiger partial charge < -0.3 is 19.1 Å². The lowest BCUT2D eigenvalue weighted by Gasteiger charge is -2.35. The molecule has 214 valence electrons. The molecule has 1 aliphatic heterocycles. The first kappa shape index (κ1) is 28.2. The number of nitrogens with zero attached hydrogens (tertiary/aromatic N) is 3. The van der Waals surface area contributed by atoms with Crippen molar-refractivity contribution < 1.29 is 14.1 Å². The zero-order chi connectivity index (χ0) is 28.9. The minimum atomic E-state index is -0.775. The van der Waals surface area contributed by atoms with Gasteiger partial charge in [0.2, 0.25) is 0 Å². The number of aryl methyl sites for hydroxylation is 1. The van der Waals surface area contributed by atoms with Crippen LogP contribution in [0.15, 0.2) is 80.8 Å². The van der Waals surface area contributed by atoms with Crippen LogP contribution in [-0.2, 0) is 13.2 Å². The van der Waals surface area contributed by atoms with Gasteiger partial charge in [0.1, 0.15) is 12.4 Å². The van der Waals surface area contributed by atoms with E-state index in [1.54, 1.807) is 0 Å². The maximum atomic E-state index is 13.2. The van der Waals surface area contributed by atoms with Crippen molar-refractivity contribution in [2.45, 2.75) is 45.4 Å². The number of H-pyrrole nitrogens is 1. The number of amides is 1. The zero-order valence-corrected chi connectivity index (χ0v) is 23.8. The quantitative estimate of drug-likeness (QED) is 0.330. The average Bonchev–Trinajstić information content (AvgIpc) is 3.29. The molecule has 3 aromatic carbocycles. The molecule has 4 aromatic rings. The molecule has 1 N–H and O–H groups in total. The maximum absolute atomic E-state index is 13.2. The number of hydrogen-bond acceptors (Lipinski definition) is 6. The Morgan fingerprint density at radius 2 is 1.85 bits per heavy atom. The molecule has 0 saturated carbocycles. The van der Waals surface area contributed by atoms with Crippen molar-refractivity contribution in [1.29, 1.82) is 0 Å². The monoisotopic (exact) mass is 556 g/mol. The molecule has 0 radical (unpaired) electrons. The molecule has 2 heterocycles. The van der Waals surface area contributed by atoms with E-state index in [9.17, 15) is 14.4 Å². The molecule has 9 heteroatoms. The first-order valence-corrected chi connectivity index (χ1v) is 13.9. The third-order valence-electron chi connectivity index (χ3n) is 7.75. The van der Waals surface area contributed by atoms with Gasteiger partial charge in [0.05, 0.1) is 6.54 Å². The van der Waals surface area contributed by atoms with E-state index in [0.717, 1.165) is 52.1 Å². The van der Waals surface area contributed by atoms with Crippen molar-refractivity contribution in [3.05, 3.63) is 110 Å². The normalized spacial score (nSPS) is 15.5. The Balaban J connectivity index is 1.21. The molecule has 41 heavy (non-hydrogen) atoms. The van der Waals surface area contributed by atoms with Crippen molar-refractivity contribution in [2.75, 3.05) is 27.2 Å². The molecule has 1 aliphatic rings. The number of piperidine rings is 1. The summed E-state index contributed by atoms with van der Waals surface area (Å²) in [5, 5.41) is 0. The Bertz CT molecular complexity index is 1620. The molecule has 5 rings (SSSR count). The molecule has 1 aromatic heterocycles. The van der Waals surface area contributed by atoms with E-state index >= 15 is 0 Å². The van der Waals surface area contributed by atoms with Crippen LogP contribution in [0.2, 0.25) is 0 Å². The van der Waals surface area contributed by atoms with E-state index in [-0.39, 0.29) is 12.5 Å². The van der Waals surface area contributed by atoms with Gasteiger partial charge in [-0.25, -0.2) is 14.6 Å². The number of nitrogens with one attached hydrogen (secondary N) is 1. The fourth-order valence-corrected chi connectivity index (χ4v) is 5.39. The number of rotatable bonds is 9. The number of likely N-dealkylation sites (tertiary alicyclic amines) is 1. The summed E-state index contributed by atoms with van der Waals surface area (Å²) in [6, 6.07) is 21.8. The fourth-order valence-electron chi connectivity index (χ4n) is 5.39. The SMILES string of the molecule is Cc1cc(C(=O)N(C)CC2CCCCN2C)ccc1-c1cccc(COc2ccc(Cn3oc(=O)[nH]c3=O)cc2)c1. The fraction of sp³-hybridized carbons (Fsp3) is 0.344. The second-order valence-corrected chi connectivity index (χ2v) is 10.8. The summed E-state index contributed by atoms with van der Waals surface area (Å²) < 4.78 is 11.8. The van der Waals surface area contributed by atoms with E-state index in [1.165, 1.54) is 12.8 Å². The van der Waals surface area contributed by atoms with Crippen LogP contribution in [0.4, 0.5) is 0 Å². The molecule has 1 saturated heterocycles. The van der Waals surface area contributed by atoms with Gasteiger partial charge in [-0.1, -0.05) is 42.8 Å². The van der Waals surface area contributed by atoms with Crippen molar-refractivity contribution in [3.63, 3.8) is 0 Å². The van der Waals surface area contributed by atoms with E-state index in [2.05, 4.69) is 29.1 Å². The van der Waals surface area contributed by atoms with E-state index < -0.39 is 11.4 Å².